The van der Waals surface area contributed by atoms with E-state index in [2.05, 4.69) is 41.8 Å². The smallest absolute Gasteiger partial charge is 0.215 e. The fourth-order valence-electron chi connectivity index (χ4n) is 5.02. The average molecular weight is 896 g/mol. The van der Waals surface area contributed by atoms with E-state index in [4.69, 9.17) is 65.4 Å². The zero-order valence-corrected chi connectivity index (χ0v) is 32.5. The standard InChI is InChI=1S/C19H15BrCl2N2O3.C17H11BrCl2N2O2/c20-18-10-23-12-24(18)11-19(25-7-8-26-19)16-6-5-15(9-17(16)22)27-14-3-1-13(21)2-4-14;18-17-8-21-10-22(17)9-16(23)14-6-5-13(7-15(14)20)24-12-3-1-11(19)2-4-12/h1-6,9-10,12H,7-8,11H2;1-8,10H,9H2. The Kier molecular flexibility index (Phi) is 12.4. The third kappa shape index (κ3) is 9.54. The number of imidazole rings is 2. The van der Waals surface area contributed by atoms with Crippen LogP contribution < -0.4 is 9.47 Å². The van der Waals surface area contributed by atoms with E-state index in [9.17, 15) is 4.79 Å². The SMILES string of the molecule is Clc1ccc(Oc2ccc(C3(Cn4cncc4Br)OCCO3)c(Cl)c2)cc1.O=C(Cn1cncc1Br)c1ccc(Oc2ccc(Cl)cc2)cc1Cl. The number of aromatic nitrogens is 4. The lowest BCUT2D eigenvalue weighted by Gasteiger charge is -2.29. The van der Waals surface area contributed by atoms with Gasteiger partial charge < -0.3 is 28.1 Å². The van der Waals surface area contributed by atoms with Crippen LogP contribution in [0.5, 0.6) is 23.0 Å². The first-order valence-corrected chi connectivity index (χ1v) is 18.3. The monoisotopic (exact) mass is 892 g/mol. The summed E-state index contributed by atoms with van der Waals surface area (Å²) < 4.78 is 28.6. The molecule has 1 aliphatic rings. The molecule has 0 amide bonds. The molecule has 0 saturated carbocycles. The largest absolute Gasteiger partial charge is 0.457 e. The van der Waals surface area contributed by atoms with Crippen LogP contribution in [-0.2, 0) is 28.4 Å². The van der Waals surface area contributed by atoms with Crippen LogP contribution in [0.3, 0.4) is 0 Å². The molecule has 1 fully saturated rings. The molecule has 0 aliphatic carbocycles. The summed E-state index contributed by atoms with van der Waals surface area (Å²) in [5.41, 5.74) is 1.17. The zero-order valence-electron chi connectivity index (χ0n) is 26.3. The molecular formula is C36H26Br2Cl4N4O5. The number of rotatable bonds is 10. The van der Waals surface area contributed by atoms with Crippen molar-refractivity contribution in [3.63, 3.8) is 0 Å². The maximum atomic E-state index is 12.4. The lowest BCUT2D eigenvalue weighted by molar-refractivity contribution is -0.176. The minimum absolute atomic E-state index is 0.114. The molecule has 0 unspecified atom stereocenters. The van der Waals surface area contributed by atoms with Crippen molar-refractivity contribution in [3.05, 3.63) is 150 Å². The van der Waals surface area contributed by atoms with E-state index < -0.39 is 5.79 Å². The summed E-state index contributed by atoms with van der Waals surface area (Å²) in [7, 11) is 0. The van der Waals surface area contributed by atoms with Crippen LogP contribution in [0.15, 0.2) is 119 Å². The molecule has 0 bridgehead atoms. The molecule has 6 aromatic rings. The minimum Gasteiger partial charge on any atom is -0.457 e. The Balaban J connectivity index is 0.000000177. The Hall–Kier alpha value is -3.39. The van der Waals surface area contributed by atoms with Crippen LogP contribution in [0.1, 0.15) is 15.9 Å². The second-order valence-corrected chi connectivity index (χ2v) is 14.3. The van der Waals surface area contributed by atoms with Crippen molar-refractivity contribution in [1.82, 2.24) is 19.1 Å². The van der Waals surface area contributed by atoms with Gasteiger partial charge in [0.05, 0.1) is 61.4 Å². The predicted octanol–water partition coefficient (Wildman–Crippen LogP) is 11.3. The summed E-state index contributed by atoms with van der Waals surface area (Å²) in [5.74, 6) is 1.38. The Morgan fingerprint density at radius 1 is 0.686 bits per heavy atom. The topological polar surface area (TPSA) is 89.6 Å². The van der Waals surface area contributed by atoms with Gasteiger partial charge in [-0.25, -0.2) is 9.97 Å². The highest BCUT2D eigenvalue weighted by atomic mass is 79.9. The van der Waals surface area contributed by atoms with Crippen LogP contribution in [0, 0.1) is 0 Å². The Bertz CT molecular complexity index is 2120. The van der Waals surface area contributed by atoms with Crippen molar-refractivity contribution >= 4 is 84.0 Å². The maximum absolute atomic E-state index is 12.4. The number of halogens is 6. The van der Waals surface area contributed by atoms with Crippen LogP contribution in [0.25, 0.3) is 0 Å². The number of carbonyl (C=O) groups is 1. The minimum atomic E-state index is -0.973. The third-order valence-corrected chi connectivity index (χ3v) is 9.91. The summed E-state index contributed by atoms with van der Waals surface area (Å²) in [6.07, 6.45) is 6.63. The molecule has 51 heavy (non-hydrogen) atoms. The van der Waals surface area contributed by atoms with Gasteiger partial charge in [0.25, 0.3) is 0 Å². The first-order valence-electron chi connectivity index (χ1n) is 15.2. The summed E-state index contributed by atoms with van der Waals surface area (Å²) in [4.78, 5) is 20.5. The Morgan fingerprint density at radius 2 is 1.18 bits per heavy atom. The van der Waals surface area contributed by atoms with Gasteiger partial charge in [-0.3, -0.25) is 4.79 Å². The summed E-state index contributed by atoms with van der Waals surface area (Å²) in [5, 5.41) is 2.12. The summed E-state index contributed by atoms with van der Waals surface area (Å²) in [6, 6.07) is 24.5. The molecule has 1 aliphatic heterocycles. The van der Waals surface area contributed by atoms with Gasteiger partial charge in [0.1, 0.15) is 32.2 Å². The van der Waals surface area contributed by atoms with Gasteiger partial charge in [-0.1, -0.05) is 46.4 Å². The van der Waals surface area contributed by atoms with E-state index in [-0.39, 0.29) is 12.3 Å². The average Bonchev–Trinajstić information content (AvgIpc) is 3.86. The van der Waals surface area contributed by atoms with Crippen molar-refractivity contribution in [3.8, 4) is 23.0 Å². The van der Waals surface area contributed by atoms with E-state index >= 15 is 0 Å². The number of nitrogens with zero attached hydrogens (tertiary/aromatic N) is 4. The molecule has 7 rings (SSSR count). The number of carbonyl (C=O) groups excluding carboxylic acids is 1. The van der Waals surface area contributed by atoms with Crippen molar-refractivity contribution in [2.24, 2.45) is 0 Å². The van der Waals surface area contributed by atoms with Gasteiger partial charge in [0.15, 0.2) is 5.78 Å². The summed E-state index contributed by atoms with van der Waals surface area (Å²) >= 11 is 31.3. The molecule has 4 aromatic carbocycles. The van der Waals surface area contributed by atoms with E-state index in [0.717, 1.165) is 14.8 Å². The van der Waals surface area contributed by atoms with Crippen molar-refractivity contribution in [2.75, 3.05) is 13.2 Å². The van der Waals surface area contributed by atoms with Crippen molar-refractivity contribution < 1.29 is 23.7 Å². The molecule has 15 heteroatoms. The second kappa shape index (κ2) is 17.0. The van der Waals surface area contributed by atoms with E-state index in [1.165, 1.54) is 0 Å². The highest BCUT2D eigenvalue weighted by molar-refractivity contribution is 9.10. The van der Waals surface area contributed by atoms with Crippen LogP contribution in [-0.4, -0.2) is 38.1 Å². The number of Topliss-reactive ketones (excluding diaryl/α,β-unsaturated/α-hetero) is 1. The zero-order chi connectivity index (χ0) is 36.0. The predicted molar refractivity (Wildman–Crippen MR) is 204 cm³/mol. The molecule has 0 spiro atoms. The lowest BCUT2D eigenvalue weighted by atomic mass is 10.1. The molecule has 0 radical (unpaired) electrons. The number of hydrogen-bond acceptors (Lipinski definition) is 7. The molecular weight excluding hydrogens is 870 g/mol. The van der Waals surface area contributed by atoms with E-state index in [1.54, 1.807) is 102 Å². The highest BCUT2D eigenvalue weighted by Gasteiger charge is 2.41. The fourth-order valence-corrected chi connectivity index (χ4v) is 6.54. The molecule has 1 saturated heterocycles. The second-order valence-electron chi connectivity index (χ2n) is 11.0. The maximum Gasteiger partial charge on any atom is 0.215 e. The highest BCUT2D eigenvalue weighted by Crippen LogP contribution is 2.40. The van der Waals surface area contributed by atoms with Crippen LogP contribution in [0.4, 0.5) is 0 Å². The molecule has 9 nitrogen and oxygen atoms in total. The van der Waals surface area contributed by atoms with E-state index in [1.807, 2.05) is 16.7 Å². The van der Waals surface area contributed by atoms with Gasteiger partial charge in [-0.05, 0) is 111 Å². The molecule has 0 N–H and O–H groups in total. The van der Waals surface area contributed by atoms with Crippen LogP contribution >= 0.6 is 78.3 Å². The lowest BCUT2D eigenvalue weighted by Crippen LogP contribution is -2.33. The van der Waals surface area contributed by atoms with Gasteiger partial charge >= 0.3 is 0 Å². The number of hydrogen-bond donors (Lipinski definition) is 0. The number of benzene rings is 4. The number of ether oxygens (including phenoxy) is 4. The Morgan fingerprint density at radius 3 is 1.67 bits per heavy atom. The van der Waals surface area contributed by atoms with Gasteiger partial charge in [0.2, 0.25) is 5.79 Å². The van der Waals surface area contributed by atoms with Gasteiger partial charge in [0, 0.05) is 27.2 Å². The first kappa shape index (κ1) is 37.4. The third-order valence-electron chi connectivity index (χ3n) is 7.46. The van der Waals surface area contributed by atoms with Crippen molar-refractivity contribution in [1.29, 1.82) is 0 Å². The Labute approximate surface area is 330 Å². The fraction of sp³-hybridized carbons (Fsp3) is 0.139. The molecule has 262 valence electrons. The van der Waals surface area contributed by atoms with E-state index in [0.29, 0.717) is 68.4 Å². The first-order chi connectivity index (χ1) is 24.6. The molecule has 3 heterocycles. The molecule has 0 atom stereocenters. The quantitative estimate of drug-likeness (QED) is 0.127. The normalized spacial score (nSPS) is 13.4. The number of ketones is 1. The summed E-state index contributed by atoms with van der Waals surface area (Å²) in [6.45, 7) is 1.56. The van der Waals surface area contributed by atoms with Gasteiger partial charge in [-0.15, -0.1) is 0 Å². The van der Waals surface area contributed by atoms with Gasteiger partial charge in [-0.2, -0.15) is 0 Å². The van der Waals surface area contributed by atoms with Crippen LogP contribution in [0.2, 0.25) is 20.1 Å². The van der Waals surface area contributed by atoms with Crippen molar-refractivity contribution in [2.45, 2.75) is 18.9 Å². The molecule has 2 aromatic heterocycles.